The fourth-order valence-corrected chi connectivity index (χ4v) is 2.49. The molecule has 1 aromatic heterocycles. The molecule has 1 aliphatic carbocycles. The summed E-state index contributed by atoms with van der Waals surface area (Å²) in [6.07, 6.45) is -2.36. The maximum absolute atomic E-state index is 12.2. The highest BCUT2D eigenvalue weighted by atomic mass is 32.1. The fourth-order valence-electron chi connectivity index (χ4n) is 1.87. The summed E-state index contributed by atoms with van der Waals surface area (Å²) in [5, 5.41) is 17.9. The van der Waals surface area contributed by atoms with Gasteiger partial charge in [-0.2, -0.15) is 13.2 Å². The van der Waals surface area contributed by atoms with Gasteiger partial charge in [-0.15, -0.1) is 10.2 Å². The Morgan fingerprint density at radius 2 is 2.12 bits per heavy atom. The summed E-state index contributed by atoms with van der Waals surface area (Å²) in [5.41, 5.74) is 0. The van der Waals surface area contributed by atoms with E-state index in [9.17, 15) is 18.3 Å². The van der Waals surface area contributed by atoms with Gasteiger partial charge in [0, 0.05) is 6.54 Å². The number of aliphatic hydroxyl groups is 1. The lowest BCUT2D eigenvalue weighted by Crippen LogP contribution is -2.12. The summed E-state index contributed by atoms with van der Waals surface area (Å²) < 4.78 is 36.7. The first-order valence-electron chi connectivity index (χ1n) is 5.28. The average Bonchev–Trinajstić information content (AvgIpc) is 2.82. The summed E-state index contributed by atoms with van der Waals surface area (Å²) in [6.45, 7) is 0.531. The van der Waals surface area contributed by atoms with Gasteiger partial charge < -0.3 is 10.4 Å². The van der Waals surface area contributed by atoms with Crippen LogP contribution in [0.1, 0.15) is 24.3 Å². The van der Waals surface area contributed by atoms with Crippen molar-refractivity contribution < 1.29 is 18.3 Å². The molecule has 96 valence electrons. The zero-order valence-electron chi connectivity index (χ0n) is 8.87. The minimum Gasteiger partial charge on any atom is -0.393 e. The van der Waals surface area contributed by atoms with Gasteiger partial charge in [0.15, 0.2) is 0 Å². The molecule has 8 heteroatoms. The van der Waals surface area contributed by atoms with Crippen molar-refractivity contribution in [1.82, 2.24) is 10.2 Å². The molecule has 0 radical (unpaired) electrons. The Balaban J connectivity index is 1.85. The van der Waals surface area contributed by atoms with Gasteiger partial charge in [-0.05, 0) is 25.2 Å². The Morgan fingerprint density at radius 1 is 1.35 bits per heavy atom. The summed E-state index contributed by atoms with van der Waals surface area (Å²) in [5.74, 6) is 0.295. The molecular weight excluding hydrogens is 255 g/mol. The normalized spacial score (nSPS) is 25.2. The predicted octanol–water partition coefficient (Wildman–Crippen LogP) is 2.13. The van der Waals surface area contributed by atoms with Crippen LogP contribution >= 0.6 is 11.3 Å². The van der Waals surface area contributed by atoms with Crippen molar-refractivity contribution in [1.29, 1.82) is 0 Å². The van der Waals surface area contributed by atoms with Gasteiger partial charge in [0.05, 0.1) is 6.10 Å². The van der Waals surface area contributed by atoms with Crippen molar-refractivity contribution in [3.8, 4) is 0 Å². The molecule has 4 nitrogen and oxygen atoms in total. The highest BCUT2D eigenvalue weighted by Gasteiger charge is 2.35. The molecule has 0 amide bonds. The van der Waals surface area contributed by atoms with E-state index in [0.717, 1.165) is 12.8 Å². The number of hydrogen-bond donors (Lipinski definition) is 2. The number of hydrogen-bond acceptors (Lipinski definition) is 5. The van der Waals surface area contributed by atoms with Crippen molar-refractivity contribution in [2.24, 2.45) is 5.92 Å². The quantitative estimate of drug-likeness (QED) is 0.880. The standard InChI is InChI=1S/C9H12F3N3OS/c10-9(11,12)7-14-15-8(17-7)13-4-5-1-2-6(16)3-5/h5-6,16H,1-4H2,(H,13,15). The largest absolute Gasteiger partial charge is 0.445 e. The van der Waals surface area contributed by atoms with E-state index in [-0.39, 0.29) is 11.2 Å². The van der Waals surface area contributed by atoms with Crippen molar-refractivity contribution >= 4 is 16.5 Å². The number of anilines is 1. The predicted molar refractivity (Wildman–Crippen MR) is 56.7 cm³/mol. The van der Waals surface area contributed by atoms with Gasteiger partial charge in [0.1, 0.15) is 0 Å². The maximum Gasteiger partial charge on any atom is 0.445 e. The molecule has 0 spiro atoms. The van der Waals surface area contributed by atoms with Gasteiger partial charge in [0.2, 0.25) is 10.1 Å². The molecule has 1 aliphatic rings. The van der Waals surface area contributed by atoms with Crippen LogP contribution < -0.4 is 5.32 Å². The Bertz CT molecular complexity index is 382. The van der Waals surface area contributed by atoms with E-state index in [0.29, 0.717) is 30.2 Å². The van der Waals surface area contributed by atoms with Gasteiger partial charge in [-0.25, -0.2) is 0 Å². The molecule has 0 saturated heterocycles. The number of alkyl halides is 3. The Hall–Kier alpha value is -0.890. The summed E-state index contributed by atoms with van der Waals surface area (Å²) in [7, 11) is 0. The summed E-state index contributed by atoms with van der Waals surface area (Å²) >= 11 is 0.503. The molecule has 2 atom stereocenters. The third-order valence-electron chi connectivity index (χ3n) is 2.72. The molecule has 0 aliphatic heterocycles. The van der Waals surface area contributed by atoms with E-state index in [1.165, 1.54) is 0 Å². The smallest absolute Gasteiger partial charge is 0.393 e. The van der Waals surface area contributed by atoms with E-state index in [1.54, 1.807) is 0 Å². The lowest BCUT2D eigenvalue weighted by molar-refractivity contribution is -0.138. The first kappa shape index (κ1) is 12.6. The Labute approximate surface area is 99.9 Å². The molecule has 1 aromatic rings. The molecular formula is C9H12F3N3OS. The highest BCUT2D eigenvalue weighted by molar-refractivity contribution is 7.15. The summed E-state index contributed by atoms with van der Waals surface area (Å²) in [6, 6.07) is 0. The lowest BCUT2D eigenvalue weighted by atomic mass is 10.1. The second-order valence-electron chi connectivity index (χ2n) is 4.12. The molecule has 2 rings (SSSR count). The zero-order chi connectivity index (χ0) is 12.5. The van der Waals surface area contributed by atoms with E-state index >= 15 is 0 Å². The second kappa shape index (κ2) is 4.77. The third-order valence-corrected chi connectivity index (χ3v) is 3.65. The molecule has 2 N–H and O–H groups in total. The maximum atomic E-state index is 12.2. The fraction of sp³-hybridized carbons (Fsp3) is 0.778. The molecule has 2 unspecified atom stereocenters. The molecule has 1 saturated carbocycles. The zero-order valence-corrected chi connectivity index (χ0v) is 9.68. The van der Waals surface area contributed by atoms with Crippen LogP contribution in [0.4, 0.5) is 18.3 Å². The Kier molecular flexibility index (Phi) is 3.53. The van der Waals surface area contributed by atoms with Crippen molar-refractivity contribution in [2.45, 2.75) is 31.5 Å². The first-order valence-corrected chi connectivity index (χ1v) is 6.09. The van der Waals surface area contributed by atoms with Crippen LogP contribution in [0.3, 0.4) is 0 Å². The SMILES string of the molecule is OC1CCC(CNc2nnc(C(F)(F)F)s2)C1. The van der Waals surface area contributed by atoms with Crippen LogP contribution in [-0.4, -0.2) is 28.0 Å². The number of aromatic nitrogens is 2. The second-order valence-corrected chi connectivity index (χ2v) is 5.10. The van der Waals surface area contributed by atoms with Gasteiger partial charge in [-0.3, -0.25) is 0 Å². The minimum absolute atomic E-state index is 0.179. The van der Waals surface area contributed by atoms with E-state index in [4.69, 9.17) is 0 Å². The highest BCUT2D eigenvalue weighted by Crippen LogP contribution is 2.33. The third kappa shape index (κ3) is 3.29. The molecule has 1 heterocycles. The van der Waals surface area contributed by atoms with Crippen LogP contribution in [0.25, 0.3) is 0 Å². The van der Waals surface area contributed by atoms with Gasteiger partial charge in [0.25, 0.3) is 0 Å². The van der Waals surface area contributed by atoms with E-state index in [2.05, 4.69) is 15.5 Å². The molecule has 1 fully saturated rings. The van der Waals surface area contributed by atoms with Gasteiger partial charge >= 0.3 is 6.18 Å². The van der Waals surface area contributed by atoms with Crippen LogP contribution in [-0.2, 0) is 6.18 Å². The number of nitrogens with one attached hydrogen (secondary N) is 1. The van der Waals surface area contributed by atoms with Crippen molar-refractivity contribution in [3.05, 3.63) is 5.01 Å². The first-order chi connectivity index (χ1) is 7.95. The summed E-state index contributed by atoms with van der Waals surface area (Å²) in [4.78, 5) is 0. The average molecular weight is 267 g/mol. The van der Waals surface area contributed by atoms with E-state index < -0.39 is 11.2 Å². The van der Waals surface area contributed by atoms with Crippen LogP contribution in [0.15, 0.2) is 0 Å². The number of nitrogens with zero attached hydrogens (tertiary/aromatic N) is 2. The molecule has 0 bridgehead atoms. The number of halogens is 3. The number of rotatable bonds is 3. The van der Waals surface area contributed by atoms with Crippen molar-refractivity contribution in [3.63, 3.8) is 0 Å². The monoisotopic (exact) mass is 267 g/mol. The van der Waals surface area contributed by atoms with Gasteiger partial charge in [-0.1, -0.05) is 11.3 Å². The van der Waals surface area contributed by atoms with Crippen LogP contribution in [0.2, 0.25) is 0 Å². The number of aliphatic hydroxyl groups excluding tert-OH is 1. The Morgan fingerprint density at radius 3 is 2.65 bits per heavy atom. The van der Waals surface area contributed by atoms with Crippen LogP contribution in [0.5, 0.6) is 0 Å². The van der Waals surface area contributed by atoms with Crippen molar-refractivity contribution in [2.75, 3.05) is 11.9 Å². The molecule has 17 heavy (non-hydrogen) atoms. The minimum atomic E-state index is -4.43. The van der Waals surface area contributed by atoms with Crippen LogP contribution in [0, 0.1) is 5.92 Å². The lowest BCUT2D eigenvalue weighted by Gasteiger charge is -2.08. The topological polar surface area (TPSA) is 58.0 Å². The molecule has 0 aromatic carbocycles. The van der Waals surface area contributed by atoms with E-state index in [1.807, 2.05) is 0 Å².